The zero-order chi connectivity index (χ0) is 16.6. The summed E-state index contributed by atoms with van der Waals surface area (Å²) in [6.07, 6.45) is -3.20. The average Bonchev–Trinajstić information content (AvgIpc) is 2.49. The first-order chi connectivity index (χ1) is 10.4. The molecule has 1 N–H and O–H groups in total. The van der Waals surface area contributed by atoms with Gasteiger partial charge in [-0.05, 0) is 25.2 Å². The summed E-state index contributed by atoms with van der Waals surface area (Å²) >= 11 is 0. The maximum Gasteiger partial charge on any atom is 0.422 e. The van der Waals surface area contributed by atoms with E-state index in [1.165, 1.54) is 18.3 Å². The maximum absolute atomic E-state index is 12.2. The lowest BCUT2D eigenvalue weighted by Crippen LogP contribution is -2.35. The molecule has 0 aliphatic rings. The first-order valence-corrected chi connectivity index (χ1v) is 7.02. The van der Waals surface area contributed by atoms with E-state index in [1.54, 1.807) is 0 Å². The first-order valence-electron chi connectivity index (χ1n) is 7.02. The number of carbonyl (C=O) groups excluding carboxylic acids is 1. The molecule has 0 bridgehead atoms. The molecule has 0 spiro atoms. The zero-order valence-electron chi connectivity index (χ0n) is 12.6. The lowest BCUT2D eigenvalue weighted by Gasteiger charge is -2.18. The quantitative estimate of drug-likeness (QED) is 0.797. The molecule has 8 heteroatoms. The van der Waals surface area contributed by atoms with Gasteiger partial charge >= 0.3 is 6.18 Å². The Kier molecular flexibility index (Phi) is 7.10. The number of amides is 1. The number of rotatable bonds is 8. The van der Waals surface area contributed by atoms with Gasteiger partial charge in [-0.25, -0.2) is 4.98 Å². The molecule has 0 saturated carbocycles. The molecule has 1 aromatic rings. The second kappa shape index (κ2) is 8.57. The van der Waals surface area contributed by atoms with Crippen LogP contribution in [0, 0.1) is 0 Å². The van der Waals surface area contributed by atoms with Gasteiger partial charge < -0.3 is 15.0 Å². The molecule has 1 amide bonds. The monoisotopic (exact) mass is 319 g/mol. The minimum atomic E-state index is -4.48. The van der Waals surface area contributed by atoms with Gasteiger partial charge in [0.25, 0.3) is 5.91 Å². The average molecular weight is 319 g/mol. The number of nitrogens with zero attached hydrogens (tertiary/aromatic N) is 2. The Bertz CT molecular complexity index is 477. The van der Waals surface area contributed by atoms with Crippen LogP contribution in [-0.4, -0.2) is 54.8 Å². The summed E-state index contributed by atoms with van der Waals surface area (Å²) in [7, 11) is 0. The Balaban J connectivity index is 2.61. The van der Waals surface area contributed by atoms with Gasteiger partial charge in [0.05, 0.1) is 0 Å². The summed E-state index contributed by atoms with van der Waals surface area (Å²) in [5, 5.41) is 2.65. The molecule has 0 radical (unpaired) electrons. The van der Waals surface area contributed by atoms with Crippen molar-refractivity contribution in [2.75, 3.05) is 32.8 Å². The first kappa shape index (κ1) is 18.2. The topological polar surface area (TPSA) is 54.5 Å². The normalized spacial score (nSPS) is 11.5. The molecule has 22 heavy (non-hydrogen) atoms. The number of ether oxygens (including phenoxy) is 1. The molecule has 0 aliphatic carbocycles. The van der Waals surface area contributed by atoms with Gasteiger partial charge in [0.1, 0.15) is 5.56 Å². The predicted molar refractivity (Wildman–Crippen MR) is 75.9 cm³/mol. The number of hydrogen-bond acceptors (Lipinski definition) is 4. The summed E-state index contributed by atoms with van der Waals surface area (Å²) in [6.45, 7) is 5.32. The number of carbonyl (C=O) groups is 1. The number of hydrogen-bond donors (Lipinski definition) is 1. The van der Waals surface area contributed by atoms with Crippen LogP contribution in [0.15, 0.2) is 18.3 Å². The molecule has 0 unspecified atom stereocenters. The highest BCUT2D eigenvalue weighted by Crippen LogP contribution is 2.19. The molecule has 1 rings (SSSR count). The number of pyridine rings is 1. The van der Waals surface area contributed by atoms with Gasteiger partial charge in [-0.2, -0.15) is 13.2 Å². The molecule has 0 aliphatic heterocycles. The highest BCUT2D eigenvalue weighted by molar-refractivity contribution is 5.96. The number of aromatic nitrogens is 1. The summed E-state index contributed by atoms with van der Waals surface area (Å²) < 4.78 is 41.1. The van der Waals surface area contributed by atoms with Gasteiger partial charge in [-0.3, -0.25) is 4.79 Å². The highest BCUT2D eigenvalue weighted by Gasteiger charge is 2.29. The third-order valence-electron chi connectivity index (χ3n) is 3.00. The molecule has 0 atom stereocenters. The molecule has 0 saturated heterocycles. The second-order valence-electron chi connectivity index (χ2n) is 4.54. The van der Waals surface area contributed by atoms with Crippen LogP contribution in [0.4, 0.5) is 13.2 Å². The molecule has 0 aromatic carbocycles. The van der Waals surface area contributed by atoms with E-state index in [-0.39, 0.29) is 11.4 Å². The van der Waals surface area contributed by atoms with Gasteiger partial charge in [0.15, 0.2) is 6.61 Å². The molecule has 1 aromatic heterocycles. The van der Waals surface area contributed by atoms with Crippen molar-refractivity contribution in [3.63, 3.8) is 0 Å². The summed E-state index contributed by atoms with van der Waals surface area (Å²) in [5.74, 6) is -0.822. The SMILES string of the molecule is CCN(CC)CCNC(=O)c1cccnc1OCC(F)(F)F. The third kappa shape index (κ3) is 6.30. The van der Waals surface area contributed by atoms with E-state index in [0.717, 1.165) is 13.1 Å². The molecular weight excluding hydrogens is 299 g/mol. The number of likely N-dealkylation sites (N-methyl/N-ethyl adjacent to an activating group) is 1. The van der Waals surface area contributed by atoms with Crippen LogP contribution < -0.4 is 10.1 Å². The van der Waals surface area contributed by atoms with Crippen LogP contribution in [0.5, 0.6) is 5.88 Å². The van der Waals surface area contributed by atoms with Crippen LogP contribution >= 0.6 is 0 Å². The largest absolute Gasteiger partial charge is 0.467 e. The third-order valence-corrected chi connectivity index (χ3v) is 3.00. The van der Waals surface area contributed by atoms with Crippen molar-refractivity contribution in [2.45, 2.75) is 20.0 Å². The molecule has 0 fully saturated rings. The number of alkyl halides is 3. The summed E-state index contributed by atoms with van der Waals surface area (Å²) in [4.78, 5) is 17.8. The van der Waals surface area contributed by atoms with Crippen LogP contribution in [0.3, 0.4) is 0 Å². The Labute approximate surface area is 127 Å². The smallest absolute Gasteiger partial charge is 0.422 e. The molecule has 124 valence electrons. The number of nitrogens with one attached hydrogen (secondary N) is 1. The van der Waals surface area contributed by atoms with E-state index in [1.807, 2.05) is 13.8 Å². The van der Waals surface area contributed by atoms with Crippen molar-refractivity contribution >= 4 is 5.91 Å². The zero-order valence-corrected chi connectivity index (χ0v) is 12.6. The van der Waals surface area contributed by atoms with E-state index in [0.29, 0.717) is 13.1 Å². The highest BCUT2D eigenvalue weighted by atomic mass is 19.4. The molecule has 5 nitrogen and oxygen atoms in total. The van der Waals surface area contributed by atoms with Crippen LogP contribution in [0.2, 0.25) is 0 Å². The van der Waals surface area contributed by atoms with Gasteiger partial charge in [-0.15, -0.1) is 0 Å². The van der Waals surface area contributed by atoms with Crippen molar-refractivity contribution < 1.29 is 22.7 Å². The minimum absolute atomic E-state index is 0.00806. The minimum Gasteiger partial charge on any atom is -0.467 e. The van der Waals surface area contributed by atoms with E-state index < -0.39 is 18.7 Å². The van der Waals surface area contributed by atoms with Crippen molar-refractivity contribution in [1.82, 2.24) is 15.2 Å². The van der Waals surface area contributed by atoms with E-state index in [9.17, 15) is 18.0 Å². The van der Waals surface area contributed by atoms with Crippen molar-refractivity contribution in [3.05, 3.63) is 23.9 Å². The molecular formula is C14H20F3N3O2. The van der Waals surface area contributed by atoms with E-state index in [2.05, 4.69) is 19.9 Å². The van der Waals surface area contributed by atoms with E-state index >= 15 is 0 Å². The number of halogens is 3. The van der Waals surface area contributed by atoms with E-state index in [4.69, 9.17) is 0 Å². The fraction of sp³-hybridized carbons (Fsp3) is 0.571. The summed E-state index contributed by atoms with van der Waals surface area (Å²) in [6, 6.07) is 2.85. The van der Waals surface area contributed by atoms with Crippen molar-refractivity contribution in [3.8, 4) is 5.88 Å². The fourth-order valence-electron chi connectivity index (χ4n) is 1.79. The fourth-order valence-corrected chi connectivity index (χ4v) is 1.79. The lowest BCUT2D eigenvalue weighted by atomic mass is 10.2. The van der Waals surface area contributed by atoms with Crippen LogP contribution in [0.1, 0.15) is 24.2 Å². The Morgan fingerprint density at radius 1 is 1.36 bits per heavy atom. The Morgan fingerprint density at radius 3 is 2.64 bits per heavy atom. The standard InChI is InChI=1S/C14H20F3N3O2/c1-3-20(4-2)9-8-18-12(21)11-6-5-7-19-13(11)22-10-14(15,16)17/h5-7H,3-4,8-10H2,1-2H3,(H,18,21). The summed E-state index contributed by atoms with van der Waals surface area (Å²) in [5.41, 5.74) is -0.00806. The Morgan fingerprint density at radius 2 is 2.05 bits per heavy atom. The van der Waals surface area contributed by atoms with Crippen LogP contribution in [0.25, 0.3) is 0 Å². The van der Waals surface area contributed by atoms with Gasteiger partial charge in [0, 0.05) is 19.3 Å². The van der Waals surface area contributed by atoms with Gasteiger partial charge in [0.2, 0.25) is 5.88 Å². The lowest BCUT2D eigenvalue weighted by molar-refractivity contribution is -0.154. The van der Waals surface area contributed by atoms with Gasteiger partial charge in [-0.1, -0.05) is 13.8 Å². The van der Waals surface area contributed by atoms with Crippen molar-refractivity contribution in [1.29, 1.82) is 0 Å². The molecule has 1 heterocycles. The Hall–Kier alpha value is -1.83. The second-order valence-corrected chi connectivity index (χ2v) is 4.54. The predicted octanol–water partition coefficient (Wildman–Crippen LogP) is 2.09. The maximum atomic E-state index is 12.2. The van der Waals surface area contributed by atoms with Crippen molar-refractivity contribution in [2.24, 2.45) is 0 Å². The van der Waals surface area contributed by atoms with Crippen LogP contribution in [-0.2, 0) is 0 Å².